The van der Waals surface area contributed by atoms with E-state index in [1.54, 1.807) is 27.7 Å². The molecule has 100 valence electrons. The number of ether oxygens (including phenoxy) is 1. The maximum Gasteiger partial charge on any atom is 0.338 e. The molecule has 0 aliphatic rings. The van der Waals surface area contributed by atoms with Gasteiger partial charge in [0.1, 0.15) is 11.9 Å². The molecule has 1 rings (SSSR count). The third kappa shape index (κ3) is 3.82. The van der Waals surface area contributed by atoms with Gasteiger partial charge in [0.15, 0.2) is 0 Å². The van der Waals surface area contributed by atoms with E-state index in [0.29, 0.717) is 11.8 Å². The SMILES string of the molecule is Cc1c(N=[N+]=[N-])cc(C=O)cc1C(=O)OC(C)(C)C. The number of aldehydes is 1. The zero-order valence-corrected chi connectivity index (χ0v) is 11.3. The number of carbonyl (C=O) groups excluding carboxylic acids is 2. The molecule has 6 nitrogen and oxygen atoms in total. The summed E-state index contributed by atoms with van der Waals surface area (Å²) in [6.07, 6.45) is 0.587. The molecule has 0 amide bonds. The Hall–Kier alpha value is -2.33. The van der Waals surface area contributed by atoms with Crippen molar-refractivity contribution in [3.8, 4) is 0 Å². The summed E-state index contributed by atoms with van der Waals surface area (Å²) in [6.45, 7) is 6.88. The van der Waals surface area contributed by atoms with Crippen LogP contribution in [0.1, 0.15) is 47.1 Å². The van der Waals surface area contributed by atoms with Crippen LogP contribution in [0.5, 0.6) is 0 Å². The first-order valence-electron chi connectivity index (χ1n) is 5.67. The van der Waals surface area contributed by atoms with Gasteiger partial charge in [0, 0.05) is 16.2 Å². The standard InChI is InChI=1S/C13H15N3O3/c1-8-10(12(18)19-13(2,3)4)5-9(7-17)6-11(8)15-16-14/h5-7H,1-4H3. The predicted octanol–water partition coefficient (Wildman–Crippen LogP) is 3.70. The lowest BCUT2D eigenvalue weighted by Crippen LogP contribution is -2.24. The van der Waals surface area contributed by atoms with Gasteiger partial charge in [-0.15, -0.1) is 0 Å². The molecular formula is C13H15N3O3. The highest BCUT2D eigenvalue weighted by atomic mass is 16.6. The molecule has 0 heterocycles. The lowest BCUT2D eigenvalue weighted by atomic mass is 10.0. The molecule has 0 atom stereocenters. The molecule has 0 radical (unpaired) electrons. The van der Waals surface area contributed by atoms with Crippen LogP contribution >= 0.6 is 0 Å². The van der Waals surface area contributed by atoms with Crippen molar-refractivity contribution in [1.82, 2.24) is 0 Å². The van der Waals surface area contributed by atoms with Crippen LogP contribution in [0.25, 0.3) is 10.4 Å². The summed E-state index contributed by atoms with van der Waals surface area (Å²) in [6, 6.07) is 2.85. The highest BCUT2D eigenvalue weighted by Crippen LogP contribution is 2.26. The van der Waals surface area contributed by atoms with E-state index in [2.05, 4.69) is 10.0 Å². The Morgan fingerprint density at radius 1 is 1.42 bits per heavy atom. The van der Waals surface area contributed by atoms with Crippen molar-refractivity contribution in [2.45, 2.75) is 33.3 Å². The minimum absolute atomic E-state index is 0.224. The highest BCUT2D eigenvalue weighted by molar-refractivity contribution is 5.95. The third-order valence-electron chi connectivity index (χ3n) is 2.31. The maximum atomic E-state index is 12.0. The number of rotatable bonds is 3. The molecule has 0 bridgehead atoms. The van der Waals surface area contributed by atoms with Gasteiger partial charge in [0.2, 0.25) is 0 Å². The minimum atomic E-state index is -0.640. The first kappa shape index (κ1) is 14.7. The smallest absolute Gasteiger partial charge is 0.338 e. The summed E-state index contributed by atoms with van der Waals surface area (Å²) in [5.74, 6) is -0.553. The van der Waals surface area contributed by atoms with Gasteiger partial charge < -0.3 is 4.74 Å². The van der Waals surface area contributed by atoms with E-state index in [-0.39, 0.29) is 16.8 Å². The fourth-order valence-corrected chi connectivity index (χ4v) is 1.49. The Kier molecular flexibility index (Phi) is 4.30. The van der Waals surface area contributed by atoms with Gasteiger partial charge in [-0.2, -0.15) is 0 Å². The van der Waals surface area contributed by atoms with Crippen LogP contribution in [-0.2, 0) is 4.74 Å². The summed E-state index contributed by atoms with van der Waals surface area (Å²) in [5, 5.41) is 3.47. The highest BCUT2D eigenvalue weighted by Gasteiger charge is 2.21. The Morgan fingerprint density at radius 3 is 2.53 bits per heavy atom. The van der Waals surface area contributed by atoms with E-state index in [0.717, 1.165) is 0 Å². The average molecular weight is 261 g/mol. The molecule has 1 aromatic rings. The number of hydrogen-bond acceptors (Lipinski definition) is 4. The Morgan fingerprint density at radius 2 is 2.05 bits per heavy atom. The van der Waals surface area contributed by atoms with Crippen molar-refractivity contribution in [3.05, 3.63) is 39.3 Å². The van der Waals surface area contributed by atoms with Crippen LogP contribution in [0.3, 0.4) is 0 Å². The lowest BCUT2D eigenvalue weighted by molar-refractivity contribution is 0.00688. The second-order valence-electron chi connectivity index (χ2n) is 5.02. The van der Waals surface area contributed by atoms with Gasteiger partial charge in [-0.1, -0.05) is 5.11 Å². The number of benzene rings is 1. The van der Waals surface area contributed by atoms with Crippen LogP contribution in [0, 0.1) is 6.92 Å². The average Bonchev–Trinajstić information content (AvgIpc) is 2.29. The normalized spacial score (nSPS) is 10.5. The van der Waals surface area contributed by atoms with Crippen LogP contribution in [0.4, 0.5) is 5.69 Å². The first-order chi connectivity index (χ1) is 8.78. The monoisotopic (exact) mass is 261 g/mol. The van der Waals surface area contributed by atoms with Crippen LogP contribution in [0.15, 0.2) is 17.2 Å². The number of nitrogens with zero attached hydrogens (tertiary/aromatic N) is 3. The van der Waals surface area contributed by atoms with Gasteiger partial charge in [-0.05, 0) is 50.9 Å². The first-order valence-corrected chi connectivity index (χ1v) is 5.67. The van der Waals surface area contributed by atoms with Gasteiger partial charge in [0.05, 0.1) is 5.56 Å². The summed E-state index contributed by atoms with van der Waals surface area (Å²) in [5.41, 5.74) is 9.05. The van der Waals surface area contributed by atoms with Crippen molar-refractivity contribution in [3.63, 3.8) is 0 Å². The minimum Gasteiger partial charge on any atom is -0.456 e. The molecule has 0 aliphatic carbocycles. The van der Waals surface area contributed by atoms with Gasteiger partial charge in [-0.25, -0.2) is 4.79 Å². The van der Waals surface area contributed by atoms with Gasteiger partial charge in [-0.3, -0.25) is 4.79 Å². The molecule has 0 aromatic heterocycles. The van der Waals surface area contributed by atoms with E-state index in [1.165, 1.54) is 12.1 Å². The lowest BCUT2D eigenvalue weighted by Gasteiger charge is -2.20. The van der Waals surface area contributed by atoms with Crippen molar-refractivity contribution < 1.29 is 14.3 Å². The van der Waals surface area contributed by atoms with Crippen LogP contribution < -0.4 is 0 Å². The fourth-order valence-electron chi connectivity index (χ4n) is 1.49. The Balaban J connectivity index is 3.34. The number of esters is 1. The maximum absolute atomic E-state index is 12.0. The van der Waals surface area contributed by atoms with Crippen molar-refractivity contribution in [2.75, 3.05) is 0 Å². The van der Waals surface area contributed by atoms with Crippen molar-refractivity contribution in [1.29, 1.82) is 0 Å². The van der Waals surface area contributed by atoms with E-state index in [4.69, 9.17) is 10.3 Å². The molecule has 1 aromatic carbocycles. The summed E-state index contributed by atoms with van der Waals surface area (Å²) in [4.78, 5) is 25.6. The number of azide groups is 1. The number of hydrogen-bond donors (Lipinski definition) is 0. The van der Waals surface area contributed by atoms with E-state index >= 15 is 0 Å². The van der Waals surface area contributed by atoms with E-state index < -0.39 is 11.6 Å². The van der Waals surface area contributed by atoms with E-state index in [1.807, 2.05) is 0 Å². The molecule has 6 heteroatoms. The molecule has 0 saturated carbocycles. The van der Waals surface area contributed by atoms with Crippen molar-refractivity contribution >= 4 is 17.9 Å². The zero-order chi connectivity index (χ0) is 14.6. The van der Waals surface area contributed by atoms with Crippen LogP contribution in [0.2, 0.25) is 0 Å². The summed E-state index contributed by atoms with van der Waals surface area (Å²) in [7, 11) is 0. The summed E-state index contributed by atoms with van der Waals surface area (Å²) < 4.78 is 5.25. The second-order valence-corrected chi connectivity index (χ2v) is 5.02. The predicted molar refractivity (Wildman–Crippen MR) is 70.5 cm³/mol. The molecular weight excluding hydrogens is 246 g/mol. The molecule has 0 N–H and O–H groups in total. The van der Waals surface area contributed by atoms with E-state index in [9.17, 15) is 9.59 Å². The topological polar surface area (TPSA) is 92.1 Å². The fraction of sp³-hybridized carbons (Fsp3) is 0.385. The third-order valence-corrected chi connectivity index (χ3v) is 2.31. The molecule has 0 unspecified atom stereocenters. The van der Waals surface area contributed by atoms with Gasteiger partial charge >= 0.3 is 5.97 Å². The van der Waals surface area contributed by atoms with Crippen LogP contribution in [-0.4, -0.2) is 17.9 Å². The molecule has 0 aliphatic heterocycles. The van der Waals surface area contributed by atoms with Crippen molar-refractivity contribution in [2.24, 2.45) is 5.11 Å². The zero-order valence-electron chi connectivity index (χ0n) is 11.3. The van der Waals surface area contributed by atoms with Gasteiger partial charge in [0.25, 0.3) is 0 Å². The molecule has 19 heavy (non-hydrogen) atoms. The largest absolute Gasteiger partial charge is 0.456 e. The summed E-state index contributed by atoms with van der Waals surface area (Å²) >= 11 is 0. The second kappa shape index (κ2) is 5.54. The molecule has 0 saturated heterocycles. The Labute approximate surface area is 111 Å². The molecule has 0 spiro atoms. The number of carbonyl (C=O) groups is 2. The Bertz CT molecular complexity index is 567. The molecule has 0 fully saturated rings. The quantitative estimate of drug-likeness (QED) is 0.273.